The SMILES string of the molecule is Cc1c2ccc(Br)c1-n1cc(nn1)COC(=O)CCCCCCCCC(=O)OCc1cn-2nn1. The molecule has 1 aliphatic heterocycles. The number of rotatable bonds is 0. The molecule has 34 heavy (non-hydrogen) atoms. The second kappa shape index (κ2) is 11.4. The van der Waals surface area contributed by atoms with E-state index in [0.29, 0.717) is 24.2 Å². The number of benzene rings is 1. The van der Waals surface area contributed by atoms with E-state index in [9.17, 15) is 9.59 Å². The molecule has 6 bridgehead atoms. The fourth-order valence-electron chi connectivity index (χ4n) is 3.84. The van der Waals surface area contributed by atoms with Crippen molar-refractivity contribution in [2.45, 2.75) is 71.5 Å². The summed E-state index contributed by atoms with van der Waals surface area (Å²) in [4.78, 5) is 24.1. The quantitative estimate of drug-likeness (QED) is 0.398. The van der Waals surface area contributed by atoms with Gasteiger partial charge in [-0.25, -0.2) is 9.36 Å². The third kappa shape index (κ3) is 6.07. The molecule has 0 unspecified atom stereocenters. The van der Waals surface area contributed by atoms with E-state index in [1.165, 1.54) is 0 Å². The Morgan fingerprint density at radius 2 is 1.32 bits per heavy atom. The molecule has 0 N–H and O–H groups in total. The number of cyclic esters (lactones) is 2. The maximum atomic E-state index is 12.1. The molecule has 2 aromatic heterocycles. The average molecular weight is 531 g/mol. The lowest BCUT2D eigenvalue weighted by molar-refractivity contribution is -0.146. The first kappa shape index (κ1) is 24.1. The highest BCUT2D eigenvalue weighted by Gasteiger charge is 2.16. The van der Waals surface area contributed by atoms with Crippen LogP contribution in [0.2, 0.25) is 0 Å². The lowest BCUT2D eigenvalue weighted by Gasteiger charge is -2.12. The van der Waals surface area contributed by atoms with Gasteiger partial charge in [0, 0.05) is 22.9 Å². The molecule has 3 aromatic rings. The minimum absolute atomic E-state index is 0.0790. The molecule has 1 aliphatic rings. The van der Waals surface area contributed by atoms with E-state index in [4.69, 9.17) is 9.47 Å². The summed E-state index contributed by atoms with van der Waals surface area (Å²) < 4.78 is 14.8. The van der Waals surface area contributed by atoms with Crippen LogP contribution in [0.5, 0.6) is 0 Å². The molecule has 3 heterocycles. The molecule has 4 rings (SSSR count). The van der Waals surface area contributed by atoms with Gasteiger partial charge in [-0.3, -0.25) is 9.59 Å². The van der Waals surface area contributed by atoms with Crippen LogP contribution in [0.1, 0.15) is 68.3 Å². The summed E-state index contributed by atoms with van der Waals surface area (Å²) in [6.45, 7) is 2.11. The third-order valence-electron chi connectivity index (χ3n) is 5.68. The van der Waals surface area contributed by atoms with E-state index in [-0.39, 0.29) is 25.2 Å². The van der Waals surface area contributed by atoms with E-state index in [0.717, 1.165) is 59.9 Å². The zero-order chi connectivity index (χ0) is 23.9. The van der Waals surface area contributed by atoms with Gasteiger partial charge in [0.15, 0.2) is 0 Å². The standard InChI is InChI=1S/C23H27BrN6O4/c1-16-20-11-10-19(24)23(16)30-13-18(26-28-30)15-34-22(32)9-7-5-3-2-4-6-8-21(31)33-14-17-12-29(20)27-25-17/h10-13H,2-9,14-15H2,1H3. The highest BCUT2D eigenvalue weighted by Crippen LogP contribution is 2.29. The number of esters is 2. The van der Waals surface area contributed by atoms with Crippen LogP contribution in [-0.4, -0.2) is 41.9 Å². The Hall–Kier alpha value is -3.08. The lowest BCUT2D eigenvalue weighted by atomic mass is 10.1. The number of nitrogens with zero attached hydrogens (tertiary/aromatic N) is 6. The van der Waals surface area contributed by atoms with Crippen LogP contribution < -0.4 is 0 Å². The molecule has 0 radical (unpaired) electrons. The van der Waals surface area contributed by atoms with Crippen LogP contribution in [0.15, 0.2) is 29.0 Å². The second-order valence-corrected chi connectivity index (χ2v) is 9.15. The van der Waals surface area contributed by atoms with Crippen molar-refractivity contribution in [2.24, 2.45) is 0 Å². The molecule has 0 fully saturated rings. The van der Waals surface area contributed by atoms with Gasteiger partial charge in [0.1, 0.15) is 24.6 Å². The Morgan fingerprint density at radius 3 is 1.94 bits per heavy atom. The summed E-state index contributed by atoms with van der Waals surface area (Å²) in [6.07, 6.45) is 9.77. The number of hydrogen-bond donors (Lipinski definition) is 0. The van der Waals surface area contributed by atoms with Crippen LogP contribution in [0.25, 0.3) is 11.4 Å². The fraction of sp³-hybridized carbons (Fsp3) is 0.478. The fourth-order valence-corrected chi connectivity index (χ4v) is 4.45. The molecule has 11 heteroatoms. The molecule has 1 aromatic carbocycles. The number of carbonyl (C=O) groups excluding carboxylic acids is 2. The van der Waals surface area contributed by atoms with Gasteiger partial charge in [-0.15, -0.1) is 10.2 Å². The van der Waals surface area contributed by atoms with E-state index >= 15 is 0 Å². The number of ether oxygens (including phenoxy) is 2. The van der Waals surface area contributed by atoms with Crippen LogP contribution >= 0.6 is 15.9 Å². The second-order valence-electron chi connectivity index (χ2n) is 8.29. The average Bonchev–Trinajstić information content (AvgIpc) is 3.47. The summed E-state index contributed by atoms with van der Waals surface area (Å²) in [5.41, 5.74) is 3.60. The Morgan fingerprint density at radius 1 is 0.794 bits per heavy atom. The topological polar surface area (TPSA) is 114 Å². The molecule has 180 valence electrons. The monoisotopic (exact) mass is 530 g/mol. The van der Waals surface area contributed by atoms with Gasteiger partial charge in [-0.05, 0) is 47.8 Å². The number of carbonyl (C=O) groups is 2. The van der Waals surface area contributed by atoms with Gasteiger partial charge in [0.25, 0.3) is 0 Å². The van der Waals surface area contributed by atoms with E-state index in [2.05, 4.69) is 36.6 Å². The van der Waals surface area contributed by atoms with Crippen molar-refractivity contribution >= 4 is 27.9 Å². The highest BCUT2D eigenvalue weighted by molar-refractivity contribution is 9.10. The number of fused-ring (bicyclic) bond motifs is 8. The minimum atomic E-state index is -0.239. The van der Waals surface area contributed by atoms with Gasteiger partial charge in [0.05, 0.1) is 23.8 Å². The molecule has 0 saturated heterocycles. The molecule has 0 aliphatic carbocycles. The van der Waals surface area contributed by atoms with Crippen molar-refractivity contribution in [3.05, 3.63) is 46.0 Å². The van der Waals surface area contributed by atoms with Crippen molar-refractivity contribution in [1.29, 1.82) is 0 Å². The maximum Gasteiger partial charge on any atom is 0.306 e. The minimum Gasteiger partial charge on any atom is -0.459 e. The summed E-state index contributed by atoms with van der Waals surface area (Å²) in [5.74, 6) is -0.475. The number of aromatic nitrogens is 6. The molecular formula is C23H27BrN6O4. The summed E-state index contributed by atoms with van der Waals surface area (Å²) >= 11 is 3.59. The zero-order valence-electron chi connectivity index (χ0n) is 19.1. The van der Waals surface area contributed by atoms with E-state index in [1.807, 2.05) is 19.1 Å². The van der Waals surface area contributed by atoms with Gasteiger partial charge in [0.2, 0.25) is 0 Å². The van der Waals surface area contributed by atoms with Gasteiger partial charge in [-0.1, -0.05) is 36.1 Å². The first-order valence-electron chi connectivity index (χ1n) is 11.4. The van der Waals surface area contributed by atoms with Crippen molar-refractivity contribution in [1.82, 2.24) is 30.0 Å². The van der Waals surface area contributed by atoms with Crippen LogP contribution in [0.3, 0.4) is 0 Å². The van der Waals surface area contributed by atoms with Crippen LogP contribution in [0, 0.1) is 6.92 Å². The zero-order valence-corrected chi connectivity index (χ0v) is 20.7. The summed E-state index contributed by atoms with van der Waals surface area (Å²) in [7, 11) is 0. The van der Waals surface area contributed by atoms with Gasteiger partial charge in [-0.2, -0.15) is 0 Å². The molecule has 10 nitrogen and oxygen atoms in total. The lowest BCUT2D eigenvalue weighted by Crippen LogP contribution is -2.05. The van der Waals surface area contributed by atoms with Gasteiger partial charge >= 0.3 is 11.9 Å². The van der Waals surface area contributed by atoms with Crippen molar-refractivity contribution in [2.75, 3.05) is 0 Å². The maximum absolute atomic E-state index is 12.1. The molecule has 0 atom stereocenters. The van der Waals surface area contributed by atoms with Crippen LogP contribution in [-0.2, 0) is 32.3 Å². The predicted molar refractivity (Wildman–Crippen MR) is 125 cm³/mol. The molecule has 0 saturated carbocycles. The molecular weight excluding hydrogens is 504 g/mol. The Balaban J connectivity index is 1.58. The smallest absolute Gasteiger partial charge is 0.306 e. The predicted octanol–water partition coefficient (Wildman–Crippen LogP) is 4.14. The Kier molecular flexibility index (Phi) is 8.04. The Bertz CT molecular complexity index is 1160. The van der Waals surface area contributed by atoms with Crippen molar-refractivity contribution in [3.8, 4) is 11.4 Å². The number of hydrogen-bond acceptors (Lipinski definition) is 8. The van der Waals surface area contributed by atoms with E-state index in [1.54, 1.807) is 21.8 Å². The number of halogens is 1. The van der Waals surface area contributed by atoms with Crippen LogP contribution in [0.4, 0.5) is 0 Å². The largest absolute Gasteiger partial charge is 0.459 e. The van der Waals surface area contributed by atoms with Crippen molar-refractivity contribution < 1.29 is 19.1 Å². The third-order valence-corrected chi connectivity index (χ3v) is 6.32. The normalized spacial score (nSPS) is 16.5. The molecule has 0 spiro atoms. The molecule has 0 amide bonds. The van der Waals surface area contributed by atoms with E-state index < -0.39 is 0 Å². The Labute approximate surface area is 205 Å². The summed E-state index contributed by atoms with van der Waals surface area (Å²) in [6, 6.07) is 3.80. The van der Waals surface area contributed by atoms with Crippen molar-refractivity contribution in [3.63, 3.8) is 0 Å². The highest BCUT2D eigenvalue weighted by atomic mass is 79.9. The van der Waals surface area contributed by atoms with Gasteiger partial charge < -0.3 is 9.47 Å². The summed E-state index contributed by atoms with van der Waals surface area (Å²) in [5, 5.41) is 16.7. The first-order valence-corrected chi connectivity index (χ1v) is 12.2. The first-order chi connectivity index (χ1) is 16.5.